The van der Waals surface area contributed by atoms with Gasteiger partial charge in [0.2, 0.25) is 10.0 Å². The molecule has 0 aliphatic carbocycles. The Morgan fingerprint density at radius 3 is 2.80 bits per heavy atom. The first-order valence-corrected chi connectivity index (χ1v) is 6.57. The standard InChI is InChI=1S/C8H16N2O4S/c11-8(12)3-5-15(13,14)10-7-2-1-4-9-6-7/h7,9-10H,1-6H2,(H,11,12). The summed E-state index contributed by atoms with van der Waals surface area (Å²) in [5.74, 6) is -1.44. The topological polar surface area (TPSA) is 95.5 Å². The molecule has 1 atom stereocenters. The van der Waals surface area contributed by atoms with Crippen molar-refractivity contribution in [2.45, 2.75) is 25.3 Å². The van der Waals surface area contributed by atoms with Crippen molar-refractivity contribution in [3.05, 3.63) is 0 Å². The van der Waals surface area contributed by atoms with Crippen molar-refractivity contribution in [3.63, 3.8) is 0 Å². The van der Waals surface area contributed by atoms with Crippen molar-refractivity contribution in [2.75, 3.05) is 18.8 Å². The van der Waals surface area contributed by atoms with Crippen LogP contribution in [0.25, 0.3) is 0 Å². The van der Waals surface area contributed by atoms with Gasteiger partial charge in [-0.15, -0.1) is 0 Å². The lowest BCUT2D eigenvalue weighted by Gasteiger charge is -2.23. The van der Waals surface area contributed by atoms with Crippen LogP contribution >= 0.6 is 0 Å². The van der Waals surface area contributed by atoms with Crippen LogP contribution in [0.3, 0.4) is 0 Å². The minimum atomic E-state index is -3.45. The van der Waals surface area contributed by atoms with Gasteiger partial charge < -0.3 is 10.4 Å². The molecule has 0 aromatic carbocycles. The van der Waals surface area contributed by atoms with E-state index in [1.807, 2.05) is 0 Å². The van der Waals surface area contributed by atoms with Crippen LogP contribution in [0, 0.1) is 0 Å². The first kappa shape index (κ1) is 12.4. The van der Waals surface area contributed by atoms with E-state index < -0.39 is 16.0 Å². The Labute approximate surface area is 89.1 Å². The highest BCUT2D eigenvalue weighted by Gasteiger charge is 2.20. The highest BCUT2D eigenvalue weighted by atomic mass is 32.2. The number of piperidine rings is 1. The molecule has 15 heavy (non-hydrogen) atoms. The van der Waals surface area contributed by atoms with E-state index in [2.05, 4.69) is 10.0 Å². The van der Waals surface area contributed by atoms with E-state index in [0.717, 1.165) is 19.4 Å². The van der Waals surface area contributed by atoms with Crippen molar-refractivity contribution in [2.24, 2.45) is 0 Å². The zero-order valence-electron chi connectivity index (χ0n) is 8.40. The third-order valence-electron chi connectivity index (χ3n) is 2.23. The lowest BCUT2D eigenvalue weighted by atomic mass is 10.1. The lowest BCUT2D eigenvalue weighted by Crippen LogP contribution is -2.46. The normalized spacial score (nSPS) is 22.5. The van der Waals surface area contributed by atoms with Crippen molar-refractivity contribution in [3.8, 4) is 0 Å². The quantitative estimate of drug-likeness (QED) is 0.577. The van der Waals surface area contributed by atoms with Gasteiger partial charge in [0.05, 0.1) is 12.2 Å². The van der Waals surface area contributed by atoms with Crippen LogP contribution in [0.5, 0.6) is 0 Å². The van der Waals surface area contributed by atoms with Gasteiger partial charge in [-0.05, 0) is 19.4 Å². The van der Waals surface area contributed by atoms with Crippen LogP contribution in [0.4, 0.5) is 0 Å². The minimum Gasteiger partial charge on any atom is -0.481 e. The van der Waals surface area contributed by atoms with Crippen molar-refractivity contribution < 1.29 is 18.3 Å². The molecular weight excluding hydrogens is 220 g/mol. The molecule has 1 aliphatic rings. The molecule has 1 saturated heterocycles. The smallest absolute Gasteiger partial charge is 0.304 e. The first-order valence-electron chi connectivity index (χ1n) is 4.92. The van der Waals surface area contributed by atoms with Gasteiger partial charge in [0, 0.05) is 12.6 Å². The second kappa shape index (κ2) is 5.43. The predicted octanol–water partition coefficient (Wildman–Crippen LogP) is -0.867. The summed E-state index contributed by atoms with van der Waals surface area (Å²) >= 11 is 0. The molecule has 1 unspecified atom stereocenters. The predicted molar refractivity (Wildman–Crippen MR) is 55.1 cm³/mol. The van der Waals surface area contributed by atoms with E-state index in [1.165, 1.54) is 0 Å². The maximum Gasteiger partial charge on any atom is 0.304 e. The molecular formula is C8H16N2O4S. The molecule has 3 N–H and O–H groups in total. The molecule has 0 radical (unpaired) electrons. The van der Waals surface area contributed by atoms with Crippen LogP contribution in [-0.4, -0.2) is 44.4 Å². The van der Waals surface area contributed by atoms with Crippen molar-refractivity contribution >= 4 is 16.0 Å². The highest BCUT2D eigenvalue weighted by Crippen LogP contribution is 2.03. The molecule has 1 aliphatic heterocycles. The Morgan fingerprint density at radius 2 is 2.27 bits per heavy atom. The first-order chi connectivity index (χ1) is 6.99. The fraction of sp³-hybridized carbons (Fsp3) is 0.875. The van der Waals surface area contributed by atoms with Gasteiger partial charge in [-0.25, -0.2) is 13.1 Å². The largest absolute Gasteiger partial charge is 0.481 e. The maximum atomic E-state index is 11.4. The van der Waals surface area contributed by atoms with Crippen LogP contribution in [0.15, 0.2) is 0 Å². The third-order valence-corrected chi connectivity index (χ3v) is 3.66. The molecule has 0 aromatic rings. The number of rotatable bonds is 5. The van der Waals surface area contributed by atoms with Crippen LogP contribution < -0.4 is 10.0 Å². The Kier molecular flexibility index (Phi) is 4.49. The second-order valence-electron chi connectivity index (χ2n) is 3.62. The zero-order chi connectivity index (χ0) is 11.3. The fourth-order valence-electron chi connectivity index (χ4n) is 1.49. The van der Waals surface area contributed by atoms with Gasteiger partial charge in [0.1, 0.15) is 0 Å². The minimum absolute atomic E-state index is 0.0995. The van der Waals surface area contributed by atoms with Gasteiger partial charge in [0.25, 0.3) is 0 Å². The van der Waals surface area contributed by atoms with Crippen molar-refractivity contribution in [1.82, 2.24) is 10.0 Å². The summed E-state index contributed by atoms with van der Waals surface area (Å²) in [6.07, 6.45) is 1.39. The van der Waals surface area contributed by atoms with Crippen molar-refractivity contribution in [1.29, 1.82) is 0 Å². The number of carbonyl (C=O) groups is 1. The Balaban J connectivity index is 2.37. The van der Waals surface area contributed by atoms with Gasteiger partial charge in [-0.1, -0.05) is 0 Å². The van der Waals surface area contributed by atoms with Gasteiger partial charge in [-0.2, -0.15) is 0 Å². The molecule has 88 valence electrons. The summed E-state index contributed by atoms with van der Waals surface area (Å²) < 4.78 is 25.3. The Hall–Kier alpha value is -0.660. The van der Waals surface area contributed by atoms with E-state index in [-0.39, 0.29) is 18.2 Å². The Morgan fingerprint density at radius 1 is 1.53 bits per heavy atom. The number of aliphatic carboxylic acids is 1. The van der Waals surface area contributed by atoms with Crippen LogP contribution in [0.2, 0.25) is 0 Å². The molecule has 1 heterocycles. The average Bonchev–Trinajstić information content (AvgIpc) is 2.16. The average molecular weight is 236 g/mol. The number of hydrogen-bond acceptors (Lipinski definition) is 4. The SMILES string of the molecule is O=C(O)CCS(=O)(=O)NC1CCCNC1. The van der Waals surface area contributed by atoms with Crippen LogP contribution in [-0.2, 0) is 14.8 Å². The second-order valence-corrected chi connectivity index (χ2v) is 5.50. The molecule has 1 rings (SSSR count). The molecule has 0 bridgehead atoms. The molecule has 7 heteroatoms. The van der Waals surface area contributed by atoms with E-state index in [9.17, 15) is 13.2 Å². The molecule has 1 fully saturated rings. The third kappa shape index (κ3) is 5.10. The number of nitrogens with one attached hydrogen (secondary N) is 2. The highest BCUT2D eigenvalue weighted by molar-refractivity contribution is 7.89. The molecule has 0 aromatic heterocycles. The monoisotopic (exact) mass is 236 g/mol. The Bertz CT molecular complexity index is 309. The lowest BCUT2D eigenvalue weighted by molar-refractivity contribution is -0.136. The van der Waals surface area contributed by atoms with E-state index in [0.29, 0.717) is 6.54 Å². The summed E-state index contributed by atoms with van der Waals surface area (Å²) in [6.45, 7) is 1.53. The fourth-order valence-corrected chi connectivity index (χ4v) is 2.76. The number of sulfonamides is 1. The van der Waals surface area contributed by atoms with Gasteiger partial charge in [0.15, 0.2) is 0 Å². The van der Waals surface area contributed by atoms with Gasteiger partial charge in [-0.3, -0.25) is 4.79 Å². The molecule has 0 spiro atoms. The summed E-state index contributed by atoms with van der Waals surface area (Å²) in [7, 11) is -3.45. The summed E-state index contributed by atoms with van der Waals surface area (Å²) in [6, 6.07) is -0.0995. The zero-order valence-corrected chi connectivity index (χ0v) is 9.22. The summed E-state index contributed by atoms with van der Waals surface area (Å²) in [5, 5.41) is 11.5. The molecule has 0 saturated carbocycles. The van der Waals surface area contributed by atoms with E-state index in [1.54, 1.807) is 0 Å². The molecule has 6 nitrogen and oxygen atoms in total. The summed E-state index contributed by atoms with van der Waals surface area (Å²) in [5.41, 5.74) is 0. The van der Waals surface area contributed by atoms with E-state index in [4.69, 9.17) is 5.11 Å². The number of carboxylic acids is 1. The molecule has 0 amide bonds. The number of carboxylic acid groups (broad SMARTS) is 1. The van der Waals surface area contributed by atoms with E-state index >= 15 is 0 Å². The maximum absolute atomic E-state index is 11.4. The van der Waals surface area contributed by atoms with Crippen LogP contribution in [0.1, 0.15) is 19.3 Å². The van der Waals surface area contributed by atoms with Gasteiger partial charge >= 0.3 is 5.97 Å². The number of hydrogen-bond donors (Lipinski definition) is 3. The summed E-state index contributed by atoms with van der Waals surface area (Å²) in [4.78, 5) is 10.2.